The minimum atomic E-state index is 0.193. The summed E-state index contributed by atoms with van der Waals surface area (Å²) in [4.78, 5) is 2.65. The zero-order chi connectivity index (χ0) is 12.5. The Morgan fingerprint density at radius 3 is 2.83 bits per heavy atom. The van der Waals surface area contributed by atoms with E-state index in [2.05, 4.69) is 37.3 Å². The minimum Gasteiger partial charge on any atom is -0.323 e. The van der Waals surface area contributed by atoms with Crippen molar-refractivity contribution in [2.45, 2.75) is 38.6 Å². The Morgan fingerprint density at radius 2 is 2.00 bits per heavy atom. The fourth-order valence-electron chi connectivity index (χ4n) is 2.63. The summed E-state index contributed by atoms with van der Waals surface area (Å²) in [5, 5.41) is 0. The third-order valence-electron chi connectivity index (χ3n) is 3.82. The van der Waals surface area contributed by atoms with Crippen molar-refractivity contribution >= 4 is 11.3 Å². The molecular formula is C16H19NS. The van der Waals surface area contributed by atoms with Gasteiger partial charge in [-0.3, -0.25) is 0 Å². The van der Waals surface area contributed by atoms with Gasteiger partial charge in [-0.15, -0.1) is 11.3 Å². The second-order valence-corrected chi connectivity index (χ2v) is 6.17. The molecule has 0 saturated heterocycles. The van der Waals surface area contributed by atoms with E-state index in [9.17, 15) is 0 Å². The molecule has 0 fully saturated rings. The van der Waals surface area contributed by atoms with E-state index in [1.165, 1.54) is 34.6 Å². The molecule has 94 valence electrons. The molecule has 1 aliphatic rings. The van der Waals surface area contributed by atoms with Crippen molar-refractivity contribution in [3.8, 4) is 10.4 Å². The van der Waals surface area contributed by atoms with Crippen molar-refractivity contribution in [1.82, 2.24) is 0 Å². The summed E-state index contributed by atoms with van der Waals surface area (Å²) in [7, 11) is 0. The van der Waals surface area contributed by atoms with Gasteiger partial charge in [0.15, 0.2) is 0 Å². The maximum atomic E-state index is 6.09. The van der Waals surface area contributed by atoms with E-state index < -0.39 is 0 Å². The highest BCUT2D eigenvalue weighted by atomic mass is 32.1. The molecule has 1 atom stereocenters. The molecule has 2 aromatic rings. The number of benzene rings is 1. The highest BCUT2D eigenvalue weighted by Gasteiger charge is 2.13. The normalized spacial score (nSPS) is 15.7. The summed E-state index contributed by atoms with van der Waals surface area (Å²) in [5.74, 6) is 0. The Bertz CT molecular complexity index is 556. The van der Waals surface area contributed by atoms with Crippen LogP contribution >= 0.6 is 11.3 Å². The summed E-state index contributed by atoms with van der Waals surface area (Å²) in [6.07, 6.45) is 4.82. The molecule has 0 bridgehead atoms. The van der Waals surface area contributed by atoms with Crippen LogP contribution in [0.15, 0.2) is 30.3 Å². The van der Waals surface area contributed by atoms with Gasteiger partial charge in [-0.05, 0) is 54.5 Å². The summed E-state index contributed by atoms with van der Waals surface area (Å²) in [6.45, 7) is 2.14. The smallest absolute Gasteiger partial charge is 0.0387 e. The van der Waals surface area contributed by atoms with Crippen LogP contribution in [0.4, 0.5) is 0 Å². The van der Waals surface area contributed by atoms with E-state index in [-0.39, 0.29) is 6.04 Å². The number of aryl methyl sites for hydroxylation is 2. The van der Waals surface area contributed by atoms with Gasteiger partial charge in [0.1, 0.15) is 0 Å². The predicted octanol–water partition coefficient (Wildman–Crippen LogP) is 4.31. The molecule has 1 aromatic heterocycles. The SMILES string of the molecule is CCC(N)c1ccc(-c2ccc3c(c2)CCC3)s1. The molecule has 1 nitrogen and oxygen atoms in total. The zero-order valence-corrected chi connectivity index (χ0v) is 11.6. The summed E-state index contributed by atoms with van der Waals surface area (Å²) in [5.41, 5.74) is 10.5. The van der Waals surface area contributed by atoms with Gasteiger partial charge in [0.25, 0.3) is 0 Å². The number of hydrogen-bond donors (Lipinski definition) is 1. The maximum absolute atomic E-state index is 6.09. The van der Waals surface area contributed by atoms with E-state index in [1.807, 2.05) is 11.3 Å². The molecule has 0 amide bonds. The molecule has 0 spiro atoms. The summed E-state index contributed by atoms with van der Waals surface area (Å²) >= 11 is 1.84. The van der Waals surface area contributed by atoms with Crippen LogP contribution in [0.2, 0.25) is 0 Å². The van der Waals surface area contributed by atoms with Crippen LogP contribution in [0, 0.1) is 0 Å². The largest absolute Gasteiger partial charge is 0.323 e. The Hall–Kier alpha value is -1.12. The molecule has 0 saturated carbocycles. The molecule has 1 aliphatic carbocycles. The fraction of sp³-hybridized carbons (Fsp3) is 0.375. The number of rotatable bonds is 3. The molecule has 2 heteroatoms. The highest BCUT2D eigenvalue weighted by molar-refractivity contribution is 7.15. The number of thiophene rings is 1. The van der Waals surface area contributed by atoms with Crippen LogP contribution in [-0.2, 0) is 12.8 Å². The van der Waals surface area contributed by atoms with E-state index in [1.54, 1.807) is 11.1 Å². The van der Waals surface area contributed by atoms with Crippen molar-refractivity contribution in [3.05, 3.63) is 46.3 Å². The molecule has 0 aliphatic heterocycles. The monoisotopic (exact) mass is 257 g/mol. The molecule has 1 heterocycles. The van der Waals surface area contributed by atoms with Crippen molar-refractivity contribution in [2.24, 2.45) is 5.73 Å². The van der Waals surface area contributed by atoms with Crippen molar-refractivity contribution in [1.29, 1.82) is 0 Å². The van der Waals surface area contributed by atoms with Crippen LogP contribution < -0.4 is 5.73 Å². The second-order valence-electron chi connectivity index (χ2n) is 5.05. The molecule has 2 N–H and O–H groups in total. The third-order valence-corrected chi connectivity index (χ3v) is 5.08. The first-order valence-electron chi connectivity index (χ1n) is 6.75. The van der Waals surface area contributed by atoms with E-state index >= 15 is 0 Å². The lowest BCUT2D eigenvalue weighted by atomic mass is 10.1. The molecular weight excluding hydrogens is 238 g/mol. The minimum absolute atomic E-state index is 0.193. The molecule has 3 rings (SSSR count). The number of nitrogens with two attached hydrogens (primary N) is 1. The highest BCUT2D eigenvalue weighted by Crippen LogP contribution is 2.34. The van der Waals surface area contributed by atoms with E-state index in [4.69, 9.17) is 5.73 Å². The van der Waals surface area contributed by atoms with Crippen LogP contribution in [-0.4, -0.2) is 0 Å². The third kappa shape index (κ3) is 2.11. The Morgan fingerprint density at radius 1 is 1.17 bits per heavy atom. The lowest BCUT2D eigenvalue weighted by Gasteiger charge is -2.05. The first kappa shape index (κ1) is 11.9. The molecule has 1 aromatic carbocycles. The fourth-order valence-corrected chi connectivity index (χ4v) is 3.72. The van der Waals surface area contributed by atoms with Gasteiger partial charge in [-0.1, -0.05) is 25.1 Å². The van der Waals surface area contributed by atoms with Gasteiger partial charge >= 0.3 is 0 Å². The average molecular weight is 257 g/mol. The Labute approximate surface area is 113 Å². The van der Waals surface area contributed by atoms with Gasteiger partial charge in [-0.2, -0.15) is 0 Å². The zero-order valence-electron chi connectivity index (χ0n) is 10.8. The van der Waals surface area contributed by atoms with Crippen LogP contribution in [0.25, 0.3) is 10.4 Å². The van der Waals surface area contributed by atoms with Crippen LogP contribution in [0.5, 0.6) is 0 Å². The van der Waals surface area contributed by atoms with Gasteiger partial charge in [0.05, 0.1) is 0 Å². The maximum Gasteiger partial charge on any atom is 0.0387 e. The molecule has 18 heavy (non-hydrogen) atoms. The van der Waals surface area contributed by atoms with Crippen molar-refractivity contribution in [2.75, 3.05) is 0 Å². The van der Waals surface area contributed by atoms with Crippen LogP contribution in [0.3, 0.4) is 0 Å². The second kappa shape index (κ2) is 4.87. The first-order chi connectivity index (χ1) is 8.78. The van der Waals surface area contributed by atoms with E-state index in [0.29, 0.717) is 0 Å². The van der Waals surface area contributed by atoms with Crippen LogP contribution in [0.1, 0.15) is 41.8 Å². The average Bonchev–Trinajstić information content (AvgIpc) is 3.05. The number of hydrogen-bond acceptors (Lipinski definition) is 2. The lowest BCUT2D eigenvalue weighted by Crippen LogP contribution is -2.05. The predicted molar refractivity (Wildman–Crippen MR) is 79.0 cm³/mol. The van der Waals surface area contributed by atoms with Gasteiger partial charge in [0.2, 0.25) is 0 Å². The molecule has 1 unspecified atom stereocenters. The van der Waals surface area contributed by atoms with E-state index in [0.717, 1.165) is 6.42 Å². The summed E-state index contributed by atoms with van der Waals surface area (Å²) < 4.78 is 0. The quantitative estimate of drug-likeness (QED) is 0.871. The Balaban J connectivity index is 1.92. The Kier molecular flexibility index (Phi) is 3.23. The standard InChI is InChI=1S/C16H19NS/c1-2-14(17)16-9-8-15(18-16)13-7-6-11-4-3-5-12(11)10-13/h6-10,14H,2-5,17H2,1H3. The lowest BCUT2D eigenvalue weighted by molar-refractivity contribution is 0.712. The first-order valence-corrected chi connectivity index (χ1v) is 7.57. The number of fused-ring (bicyclic) bond motifs is 1. The van der Waals surface area contributed by atoms with Gasteiger partial charge < -0.3 is 5.73 Å². The van der Waals surface area contributed by atoms with Gasteiger partial charge in [0, 0.05) is 15.8 Å². The molecule has 0 radical (unpaired) electrons. The topological polar surface area (TPSA) is 26.0 Å². The van der Waals surface area contributed by atoms with Gasteiger partial charge in [-0.25, -0.2) is 0 Å². The summed E-state index contributed by atoms with van der Waals surface area (Å²) in [6, 6.07) is 11.5. The van der Waals surface area contributed by atoms with Crippen molar-refractivity contribution in [3.63, 3.8) is 0 Å². The van der Waals surface area contributed by atoms with Crippen molar-refractivity contribution < 1.29 is 0 Å².